The molecule has 0 aliphatic heterocycles. The molecule has 0 saturated carbocycles. The Morgan fingerprint density at radius 3 is 1.69 bits per heavy atom. The molecular formula is C26H27O5P. The van der Waals surface area contributed by atoms with Crippen molar-refractivity contribution >= 4 is 24.4 Å². The van der Waals surface area contributed by atoms with E-state index in [9.17, 15) is 14.2 Å². The Morgan fingerprint density at radius 2 is 1.22 bits per heavy atom. The molecular weight excluding hydrogens is 423 g/mol. The van der Waals surface area contributed by atoms with Gasteiger partial charge >= 0.3 is 0 Å². The highest BCUT2D eigenvalue weighted by atomic mass is 31.1. The molecule has 0 aromatic heterocycles. The van der Waals surface area contributed by atoms with Crippen molar-refractivity contribution in [2.45, 2.75) is 27.7 Å². The van der Waals surface area contributed by atoms with Gasteiger partial charge in [0.25, 0.3) is 0 Å². The smallest absolute Gasteiger partial charge is 0.223 e. The van der Waals surface area contributed by atoms with E-state index in [1.165, 1.54) is 14.2 Å². The van der Waals surface area contributed by atoms with Crippen molar-refractivity contribution < 1.29 is 23.6 Å². The summed E-state index contributed by atoms with van der Waals surface area (Å²) in [7, 11) is -0.144. The van der Waals surface area contributed by atoms with Crippen LogP contribution in [0.5, 0.6) is 11.5 Å². The minimum atomic E-state index is -3.03. The molecule has 3 rings (SSSR count). The second kappa shape index (κ2) is 9.54. The number of hydrogen-bond acceptors (Lipinski definition) is 5. The largest absolute Gasteiger partial charge is 0.496 e. The van der Waals surface area contributed by atoms with E-state index in [-0.39, 0.29) is 22.6 Å². The van der Waals surface area contributed by atoms with Gasteiger partial charge in [0.05, 0.1) is 14.2 Å². The van der Waals surface area contributed by atoms with Gasteiger partial charge in [-0.2, -0.15) is 0 Å². The molecule has 166 valence electrons. The highest BCUT2D eigenvalue weighted by Gasteiger charge is 2.32. The number of hydrogen-bond donors (Lipinski definition) is 0. The molecule has 0 N–H and O–H groups in total. The lowest BCUT2D eigenvalue weighted by Gasteiger charge is -2.21. The van der Waals surface area contributed by atoms with Crippen molar-refractivity contribution in [3.63, 3.8) is 0 Å². The average Bonchev–Trinajstić information content (AvgIpc) is 2.78. The second-order valence-electron chi connectivity index (χ2n) is 7.69. The summed E-state index contributed by atoms with van der Waals surface area (Å²) in [4.78, 5) is 26.6. The number of carbonyl (C=O) groups excluding carboxylic acids is 2. The van der Waals surface area contributed by atoms with E-state index < -0.39 is 13.3 Å². The summed E-state index contributed by atoms with van der Waals surface area (Å²) >= 11 is 0. The van der Waals surface area contributed by atoms with E-state index in [1.54, 1.807) is 38.1 Å². The third-order valence-corrected chi connectivity index (χ3v) is 7.27. The van der Waals surface area contributed by atoms with Crippen LogP contribution in [0.3, 0.4) is 0 Å². The molecule has 0 heterocycles. The number of benzene rings is 3. The van der Waals surface area contributed by atoms with Gasteiger partial charge in [-0.05, 0) is 38.8 Å². The molecule has 0 bridgehead atoms. The zero-order valence-electron chi connectivity index (χ0n) is 19.2. The molecule has 5 nitrogen and oxygen atoms in total. The maximum Gasteiger partial charge on any atom is 0.223 e. The van der Waals surface area contributed by atoms with E-state index in [0.717, 1.165) is 11.1 Å². The molecule has 0 radical (unpaired) electrons. The van der Waals surface area contributed by atoms with Gasteiger partial charge in [0.15, 0.2) is 13.6 Å². The Labute approximate surface area is 189 Å². The summed E-state index contributed by atoms with van der Waals surface area (Å²) < 4.78 is 24.9. The summed E-state index contributed by atoms with van der Waals surface area (Å²) in [5.41, 5.74) is 3.51. The van der Waals surface area contributed by atoms with E-state index in [4.69, 9.17) is 9.47 Å². The lowest BCUT2D eigenvalue weighted by atomic mass is 9.93. The molecule has 0 fully saturated rings. The zero-order chi connectivity index (χ0) is 23.6. The lowest BCUT2D eigenvalue weighted by Crippen LogP contribution is -2.19. The van der Waals surface area contributed by atoms with Crippen LogP contribution in [0.1, 0.15) is 48.5 Å². The van der Waals surface area contributed by atoms with Gasteiger partial charge < -0.3 is 14.0 Å². The number of methoxy groups -OCH3 is 2. The standard InChI is InChI=1S/C26H27O5P/c1-15-11-10-12-16(2)20(15)26(28)32(29)25-23(30-5)17(3)21(18(4)24(25)31-6)22(27)19-13-8-7-9-14-19/h7-14,32H,1-6H3. The Balaban J connectivity index is 2.25. The minimum Gasteiger partial charge on any atom is -0.496 e. The van der Waals surface area contributed by atoms with E-state index >= 15 is 0 Å². The molecule has 0 amide bonds. The van der Waals surface area contributed by atoms with Crippen LogP contribution in [0.15, 0.2) is 48.5 Å². The molecule has 0 aliphatic carbocycles. The van der Waals surface area contributed by atoms with Crippen molar-refractivity contribution in [2.24, 2.45) is 0 Å². The van der Waals surface area contributed by atoms with Crippen molar-refractivity contribution in [1.82, 2.24) is 0 Å². The normalized spacial score (nSPS) is 11.7. The van der Waals surface area contributed by atoms with Gasteiger partial charge in [-0.3, -0.25) is 9.59 Å². The summed E-state index contributed by atoms with van der Waals surface area (Å²) in [5.74, 6) is 0.301. The number of ketones is 1. The monoisotopic (exact) mass is 450 g/mol. The number of ether oxygens (including phenoxy) is 2. The fourth-order valence-electron chi connectivity index (χ4n) is 4.18. The van der Waals surface area contributed by atoms with Gasteiger partial charge in [0.2, 0.25) is 5.52 Å². The predicted octanol–water partition coefficient (Wildman–Crippen LogP) is 5.19. The molecule has 3 aromatic carbocycles. The van der Waals surface area contributed by atoms with Crippen LogP contribution in [-0.2, 0) is 4.57 Å². The maximum absolute atomic E-state index is 13.7. The first-order valence-electron chi connectivity index (χ1n) is 10.2. The van der Waals surface area contributed by atoms with Crippen LogP contribution in [0, 0.1) is 27.7 Å². The van der Waals surface area contributed by atoms with Crippen LogP contribution in [0.25, 0.3) is 0 Å². The van der Waals surface area contributed by atoms with Crippen molar-refractivity contribution in [3.8, 4) is 11.5 Å². The van der Waals surface area contributed by atoms with Gasteiger partial charge in [-0.1, -0.05) is 48.5 Å². The Bertz CT molecular complexity index is 1180. The summed E-state index contributed by atoms with van der Waals surface area (Å²) in [6, 6.07) is 14.4. The molecule has 3 aromatic rings. The molecule has 32 heavy (non-hydrogen) atoms. The SMILES string of the molecule is COc1c(C)c(C(=O)c2ccccc2)c(C)c(OC)c1[PH](=O)C(=O)c1c(C)cccc1C. The van der Waals surface area contributed by atoms with E-state index in [1.807, 2.05) is 38.1 Å². The van der Waals surface area contributed by atoms with Crippen molar-refractivity contribution in [3.05, 3.63) is 87.5 Å². The molecule has 0 saturated heterocycles. The number of aryl methyl sites for hydroxylation is 2. The summed E-state index contributed by atoms with van der Waals surface area (Å²) in [6.45, 7) is 7.12. The van der Waals surface area contributed by atoms with Crippen molar-refractivity contribution in [1.29, 1.82) is 0 Å². The number of carbonyl (C=O) groups is 2. The van der Waals surface area contributed by atoms with E-state index in [2.05, 4.69) is 0 Å². The second-order valence-corrected chi connectivity index (χ2v) is 9.30. The molecule has 0 spiro atoms. The minimum absolute atomic E-state index is 0.190. The Morgan fingerprint density at radius 1 is 0.719 bits per heavy atom. The van der Waals surface area contributed by atoms with Crippen LogP contribution in [0.4, 0.5) is 0 Å². The molecule has 6 heteroatoms. The summed E-state index contributed by atoms with van der Waals surface area (Å²) in [5, 5.41) is 0.215. The van der Waals surface area contributed by atoms with Crippen LogP contribution in [0.2, 0.25) is 0 Å². The van der Waals surface area contributed by atoms with Gasteiger partial charge in [0.1, 0.15) is 16.8 Å². The third kappa shape index (κ3) is 4.01. The molecule has 1 unspecified atom stereocenters. The van der Waals surface area contributed by atoms with E-state index in [0.29, 0.717) is 27.8 Å². The first kappa shape index (κ1) is 23.5. The predicted molar refractivity (Wildman–Crippen MR) is 128 cm³/mol. The first-order valence-corrected chi connectivity index (χ1v) is 11.7. The molecule has 0 aliphatic rings. The summed E-state index contributed by atoms with van der Waals surface area (Å²) in [6.07, 6.45) is 0. The fraction of sp³-hybridized carbons (Fsp3) is 0.231. The quantitative estimate of drug-likeness (QED) is 0.366. The molecule has 1 atom stereocenters. The van der Waals surface area contributed by atoms with Crippen LogP contribution >= 0.6 is 7.80 Å². The zero-order valence-corrected chi connectivity index (χ0v) is 20.2. The van der Waals surface area contributed by atoms with Gasteiger partial charge in [-0.15, -0.1) is 0 Å². The van der Waals surface area contributed by atoms with Crippen LogP contribution in [-0.4, -0.2) is 25.5 Å². The van der Waals surface area contributed by atoms with Gasteiger partial charge in [-0.25, -0.2) is 0 Å². The Kier molecular flexibility index (Phi) is 7.00. The highest BCUT2D eigenvalue weighted by Crippen LogP contribution is 2.42. The first-order chi connectivity index (χ1) is 15.2. The third-order valence-electron chi connectivity index (χ3n) is 5.70. The average molecular weight is 450 g/mol. The van der Waals surface area contributed by atoms with Gasteiger partial charge in [0, 0.05) is 27.8 Å². The highest BCUT2D eigenvalue weighted by molar-refractivity contribution is 7.72. The Hall–Kier alpha value is -3.17. The van der Waals surface area contributed by atoms with Crippen LogP contribution < -0.4 is 14.8 Å². The maximum atomic E-state index is 13.7. The lowest BCUT2D eigenvalue weighted by molar-refractivity contribution is 0.103. The van der Waals surface area contributed by atoms with Crippen molar-refractivity contribution in [2.75, 3.05) is 14.2 Å². The topological polar surface area (TPSA) is 69.7 Å². The fourth-order valence-corrected chi connectivity index (χ4v) is 6.02. The number of rotatable bonds is 7.